The number of unbranched alkanes of at least 4 members (excludes halogenated alkanes) is 2. The second kappa shape index (κ2) is 26.6. The summed E-state index contributed by atoms with van der Waals surface area (Å²) in [6.45, 7) is 20.1. The van der Waals surface area contributed by atoms with E-state index in [-0.39, 0.29) is 126 Å². The van der Waals surface area contributed by atoms with E-state index in [0.717, 1.165) is 47.9 Å². The van der Waals surface area contributed by atoms with Gasteiger partial charge in [-0.3, -0.25) is 9.80 Å². The maximum Gasteiger partial charge on any atom is 0.339 e. The lowest BCUT2D eigenvalue weighted by molar-refractivity contribution is 0.0908. The molecule has 3 aliphatic rings. The van der Waals surface area contributed by atoms with Crippen LogP contribution in [0, 0.1) is 27.7 Å². The summed E-state index contributed by atoms with van der Waals surface area (Å²) >= 11 is 0. The minimum absolute atomic E-state index is 0.0980. The number of fused-ring (bicyclic) bond motifs is 12. The number of ether oxygens (including phenoxy) is 2. The van der Waals surface area contributed by atoms with Crippen LogP contribution in [-0.2, 0) is 53.6 Å². The maximum atomic E-state index is 14.8. The lowest BCUT2D eigenvalue weighted by atomic mass is 9.79. The van der Waals surface area contributed by atoms with Crippen LogP contribution in [0.3, 0.4) is 0 Å². The quantitative estimate of drug-likeness (QED) is 0.0759. The first-order valence-corrected chi connectivity index (χ1v) is 37.1. The molecular formula is C72H78N2O16S4. The zero-order valence-corrected chi connectivity index (χ0v) is 57.5. The van der Waals surface area contributed by atoms with Crippen LogP contribution in [0.15, 0.2) is 153 Å². The van der Waals surface area contributed by atoms with Gasteiger partial charge in [-0.05, 0) is 113 Å². The summed E-state index contributed by atoms with van der Waals surface area (Å²) in [6.07, 6.45) is 3.28. The Labute approximate surface area is 552 Å². The van der Waals surface area contributed by atoms with E-state index in [1.54, 1.807) is 128 Å². The first-order valence-electron chi connectivity index (χ1n) is 31.5. The van der Waals surface area contributed by atoms with Gasteiger partial charge in [-0.15, -0.1) is 0 Å². The standard InChI is InChI=1S/C72H78N2O16S4/c1-11-13-31-73-39-63-69(75)59-35-61(71(63)85-41-73)49(9)57-34-56(66(88-92(79,80)52-25-17-44(4)18-26-52)38-67(57)89-93(81,82)53-27-19-45(5)20-28-53)48(8)60-36-62(72-64(70(60)76)40-74(42-86-72)32-14-12-2)50(10)58-33-55(47(59)7)65(87-91(77,78)51-23-15-43(3)16-24-51)37-68(58)90-94(83,84)54-29-21-46(6)22-30-54/h15-30,33-38,47-50,75-76H,11-14,31-32,39-42H2,1-10H3. The van der Waals surface area contributed by atoms with Crippen molar-refractivity contribution >= 4 is 40.5 Å². The van der Waals surface area contributed by atoms with Crippen LogP contribution in [0.1, 0.15) is 169 Å². The van der Waals surface area contributed by atoms with Crippen LogP contribution in [0.25, 0.3) is 0 Å². The van der Waals surface area contributed by atoms with Crippen LogP contribution >= 0.6 is 0 Å². The van der Waals surface area contributed by atoms with Crippen molar-refractivity contribution in [1.29, 1.82) is 0 Å². The van der Waals surface area contributed by atoms with Crippen molar-refractivity contribution < 1.29 is 70.1 Å². The number of rotatable bonds is 18. The highest BCUT2D eigenvalue weighted by Gasteiger charge is 2.39. The smallest absolute Gasteiger partial charge is 0.339 e. The van der Waals surface area contributed by atoms with Crippen molar-refractivity contribution in [2.75, 3.05) is 26.6 Å². The van der Waals surface area contributed by atoms with E-state index >= 15 is 0 Å². The topological polar surface area (TPSA) is 239 Å². The van der Waals surface area contributed by atoms with Crippen molar-refractivity contribution in [1.82, 2.24) is 9.80 Å². The second-order valence-corrected chi connectivity index (χ2v) is 31.1. The fourth-order valence-electron chi connectivity index (χ4n) is 12.3. The average molecular weight is 1360 g/mol. The molecule has 94 heavy (non-hydrogen) atoms. The molecule has 22 heteroatoms. The minimum atomic E-state index is -4.74. The number of phenols is 2. The average Bonchev–Trinajstić information content (AvgIpc) is 0.740. The molecule has 2 aliphatic heterocycles. The van der Waals surface area contributed by atoms with Crippen molar-refractivity contribution in [2.45, 2.75) is 151 Å². The van der Waals surface area contributed by atoms with E-state index in [1.165, 1.54) is 60.7 Å². The Morgan fingerprint density at radius 2 is 0.628 bits per heavy atom. The maximum absolute atomic E-state index is 14.8. The molecule has 4 unspecified atom stereocenters. The largest absolute Gasteiger partial charge is 0.507 e. The Bertz CT molecular complexity index is 4380. The third kappa shape index (κ3) is 13.6. The van der Waals surface area contributed by atoms with Crippen molar-refractivity contribution in [3.63, 3.8) is 0 Å². The Balaban J connectivity index is 1.26. The number of aromatic hydroxyl groups is 2. The summed E-state index contributed by atoms with van der Waals surface area (Å²) in [7, 11) is -18.9. The van der Waals surface area contributed by atoms with E-state index in [0.29, 0.717) is 35.3 Å². The number of nitrogens with zero attached hydrogens (tertiary/aromatic N) is 2. The summed E-state index contributed by atoms with van der Waals surface area (Å²) in [6, 6.07) is 33.2. The van der Waals surface area contributed by atoms with Gasteiger partial charge >= 0.3 is 40.5 Å². The Hall–Kier alpha value is -8.12. The summed E-state index contributed by atoms with van der Waals surface area (Å²) in [5, 5.41) is 26.1. The molecule has 1 aliphatic carbocycles. The van der Waals surface area contributed by atoms with Gasteiger partial charge < -0.3 is 36.4 Å². The van der Waals surface area contributed by atoms with Crippen LogP contribution in [-0.4, -0.2) is 80.2 Å². The van der Waals surface area contributed by atoms with Crippen LogP contribution in [0.2, 0.25) is 0 Å². The molecule has 0 amide bonds. The number of aryl methyl sites for hydroxylation is 4. The Morgan fingerprint density at radius 1 is 0.383 bits per heavy atom. The molecule has 8 aromatic carbocycles. The molecule has 0 radical (unpaired) electrons. The number of benzene rings is 8. The Morgan fingerprint density at radius 3 is 0.883 bits per heavy atom. The molecule has 0 saturated heterocycles. The monoisotopic (exact) mass is 1350 g/mol. The fourth-order valence-corrected chi connectivity index (χ4v) is 16.1. The third-order valence-electron chi connectivity index (χ3n) is 18.1. The molecule has 4 atom stereocenters. The Kier molecular flexibility index (Phi) is 19.0. The van der Waals surface area contributed by atoms with Gasteiger partial charge in [0.15, 0.2) is 23.0 Å². The number of hydrogen-bond donors (Lipinski definition) is 2. The highest BCUT2D eigenvalue weighted by Crippen LogP contribution is 2.54. The predicted octanol–water partition coefficient (Wildman–Crippen LogP) is 14.2. The van der Waals surface area contributed by atoms with Gasteiger partial charge in [0, 0.05) is 106 Å². The molecule has 8 bridgehead atoms. The molecule has 0 saturated carbocycles. The molecular weight excluding hydrogens is 1280 g/mol. The van der Waals surface area contributed by atoms with Crippen LogP contribution in [0.4, 0.5) is 0 Å². The highest BCUT2D eigenvalue weighted by atomic mass is 32.2. The van der Waals surface area contributed by atoms with Gasteiger partial charge in [0.2, 0.25) is 0 Å². The normalized spacial score (nSPS) is 17.6. The molecule has 496 valence electrons. The zero-order valence-electron chi connectivity index (χ0n) is 54.2. The van der Waals surface area contributed by atoms with E-state index in [9.17, 15) is 43.9 Å². The summed E-state index contributed by atoms with van der Waals surface area (Å²) in [5.41, 5.74) is 5.82. The highest BCUT2D eigenvalue weighted by molar-refractivity contribution is 7.88. The summed E-state index contributed by atoms with van der Waals surface area (Å²) < 4.78 is 157. The summed E-state index contributed by atoms with van der Waals surface area (Å²) in [4.78, 5) is 3.24. The number of phenolic OH excluding ortho intramolecular Hbond substituents is 2. The molecule has 2 heterocycles. The second-order valence-electron chi connectivity index (χ2n) is 24.9. The van der Waals surface area contributed by atoms with Crippen molar-refractivity contribution in [3.05, 3.63) is 211 Å². The first-order chi connectivity index (χ1) is 44.6. The first kappa shape index (κ1) is 67.3. The minimum Gasteiger partial charge on any atom is -0.507 e. The lowest BCUT2D eigenvalue weighted by Gasteiger charge is -2.35. The molecule has 8 aromatic rings. The van der Waals surface area contributed by atoms with Crippen LogP contribution < -0.4 is 26.2 Å². The van der Waals surface area contributed by atoms with Gasteiger partial charge in [-0.1, -0.05) is 125 Å². The molecule has 0 aromatic heterocycles. The van der Waals surface area contributed by atoms with Crippen molar-refractivity contribution in [2.24, 2.45) is 0 Å². The van der Waals surface area contributed by atoms with Crippen molar-refractivity contribution in [3.8, 4) is 46.0 Å². The van der Waals surface area contributed by atoms with Gasteiger partial charge in [-0.25, -0.2) is 0 Å². The SMILES string of the molecule is CCCCN1COc2c3cc(c(O)c2C1)C(C)c1cc(c(OS(=O)(=O)c2ccc(C)cc2)cc1OS(=O)(=O)c1ccc(C)cc1)C(C)c1cc(c(O)c2c1OCN(CCCC)C2)C(C)c1cc(c(OS(=O)(=O)c2ccc(C)cc2)cc1OS(=O)(=O)c1ccc(C)cc1)C3C. The van der Waals surface area contributed by atoms with E-state index in [4.69, 9.17) is 26.2 Å². The molecule has 0 fully saturated rings. The lowest BCUT2D eigenvalue weighted by Crippen LogP contribution is -2.33. The van der Waals surface area contributed by atoms with E-state index in [1.807, 2.05) is 9.80 Å². The molecule has 11 rings (SSSR count). The molecule has 0 spiro atoms. The van der Waals surface area contributed by atoms with Gasteiger partial charge in [0.25, 0.3) is 0 Å². The molecule has 18 nitrogen and oxygen atoms in total. The zero-order chi connectivity index (χ0) is 67.3. The predicted molar refractivity (Wildman–Crippen MR) is 357 cm³/mol. The third-order valence-corrected chi connectivity index (χ3v) is 23.1. The van der Waals surface area contributed by atoms with E-state index in [2.05, 4.69) is 13.8 Å². The van der Waals surface area contributed by atoms with Gasteiger partial charge in [0.1, 0.15) is 56.0 Å². The van der Waals surface area contributed by atoms with E-state index < -0.39 is 64.1 Å². The van der Waals surface area contributed by atoms with Crippen LogP contribution in [0.5, 0.6) is 46.0 Å². The fraction of sp³-hybridized carbons (Fsp3) is 0.333. The van der Waals surface area contributed by atoms with Gasteiger partial charge in [-0.2, -0.15) is 33.7 Å². The number of hydrogen-bond acceptors (Lipinski definition) is 18. The molecule has 2 N–H and O–H groups in total. The van der Waals surface area contributed by atoms with Gasteiger partial charge in [0.05, 0.1) is 11.1 Å². The summed E-state index contributed by atoms with van der Waals surface area (Å²) in [5.74, 6) is -5.25.